The van der Waals surface area contributed by atoms with Gasteiger partial charge in [0.05, 0.1) is 5.41 Å². The minimum atomic E-state index is -1.49. The van der Waals surface area contributed by atoms with E-state index in [0.717, 1.165) is 0 Å². The lowest BCUT2D eigenvalue weighted by Crippen LogP contribution is -2.57. The highest BCUT2D eigenvalue weighted by molar-refractivity contribution is 6.30. The van der Waals surface area contributed by atoms with Crippen LogP contribution in [0.1, 0.15) is 44.7 Å². The minimum Gasteiger partial charge on any atom is -0.481 e. The number of nitrogens with one attached hydrogen (secondary N) is 2. The van der Waals surface area contributed by atoms with Crippen LogP contribution >= 0.6 is 23.2 Å². The third kappa shape index (κ3) is 7.19. The monoisotopic (exact) mass is 523 g/mol. The van der Waals surface area contributed by atoms with Gasteiger partial charge < -0.3 is 20.8 Å². The molecule has 0 unspecified atom stereocenters. The number of rotatable bonds is 11. The maximum Gasteiger partial charge on any atom is 0.326 e. The van der Waals surface area contributed by atoms with E-state index in [0.29, 0.717) is 26.5 Å². The summed E-state index contributed by atoms with van der Waals surface area (Å²) in [6.45, 7) is 4.85. The number of hydrogen-bond acceptors (Lipinski definition) is 4. The summed E-state index contributed by atoms with van der Waals surface area (Å²) in [6, 6.07) is 10.2. The molecular formula is C25H28Cl2N2O6. The molecule has 2 rings (SSSR count). The van der Waals surface area contributed by atoms with Crippen LogP contribution in [0.25, 0.3) is 0 Å². The van der Waals surface area contributed by atoms with Crippen molar-refractivity contribution in [1.29, 1.82) is 0 Å². The molecule has 0 fully saturated rings. The van der Waals surface area contributed by atoms with Crippen LogP contribution in [0, 0.1) is 5.92 Å². The van der Waals surface area contributed by atoms with Crippen molar-refractivity contribution in [2.45, 2.75) is 51.1 Å². The molecule has 2 amide bonds. The van der Waals surface area contributed by atoms with Gasteiger partial charge in [0.1, 0.15) is 12.1 Å². The van der Waals surface area contributed by atoms with Gasteiger partial charge in [-0.05, 0) is 54.7 Å². The van der Waals surface area contributed by atoms with Crippen molar-refractivity contribution in [2.24, 2.45) is 5.92 Å². The number of carbonyl (C=O) groups is 4. The van der Waals surface area contributed by atoms with E-state index in [2.05, 4.69) is 5.32 Å². The zero-order chi connectivity index (χ0) is 27.2. The topological polar surface area (TPSA) is 133 Å². The minimum absolute atomic E-state index is 0.347. The van der Waals surface area contributed by atoms with Gasteiger partial charge in [0.15, 0.2) is 1.41 Å². The number of carbonyl (C=O) groups excluding carboxylic acids is 2. The van der Waals surface area contributed by atoms with Crippen molar-refractivity contribution in [1.82, 2.24) is 10.6 Å². The Bertz CT molecular complexity index is 1060. The van der Waals surface area contributed by atoms with E-state index in [1.54, 1.807) is 69.3 Å². The second kappa shape index (κ2) is 12.0. The number of amides is 2. The summed E-state index contributed by atoms with van der Waals surface area (Å²) in [6.07, 6.45) is -0.821. The maximum absolute atomic E-state index is 13.9. The Labute approximate surface area is 215 Å². The van der Waals surface area contributed by atoms with Crippen molar-refractivity contribution in [2.75, 3.05) is 0 Å². The molecule has 0 heterocycles. The molecule has 0 aromatic heterocycles. The van der Waals surface area contributed by atoms with E-state index >= 15 is 0 Å². The third-order valence-corrected chi connectivity index (χ3v) is 6.19. The van der Waals surface area contributed by atoms with Crippen LogP contribution in [0.5, 0.6) is 0 Å². The lowest BCUT2D eigenvalue weighted by Gasteiger charge is -2.33. The predicted molar refractivity (Wildman–Crippen MR) is 133 cm³/mol. The zero-order valence-electron chi connectivity index (χ0n) is 20.5. The van der Waals surface area contributed by atoms with Crippen molar-refractivity contribution < 1.29 is 30.8 Å². The molecule has 2 aromatic carbocycles. The van der Waals surface area contributed by atoms with Crippen LogP contribution in [0.2, 0.25) is 11.5 Å². The first-order valence-electron chi connectivity index (χ1n) is 11.3. The summed E-state index contributed by atoms with van der Waals surface area (Å²) >= 11 is 12.1. The zero-order valence-corrected chi connectivity index (χ0v) is 21.0. The average Bonchev–Trinajstić information content (AvgIpc) is 2.81. The molecule has 0 saturated heterocycles. The number of benzene rings is 2. The van der Waals surface area contributed by atoms with Crippen molar-refractivity contribution in [3.05, 3.63) is 69.7 Å². The molecule has 0 aliphatic carbocycles. The number of aliphatic carboxylic acids is 2. The van der Waals surface area contributed by atoms with Crippen LogP contribution in [-0.4, -0.2) is 46.0 Å². The van der Waals surface area contributed by atoms with Crippen LogP contribution in [0.15, 0.2) is 48.5 Å². The molecule has 0 spiro atoms. The molecule has 0 bridgehead atoms. The number of halogens is 2. The molecule has 2 aromatic rings. The molecule has 0 aliphatic heterocycles. The highest BCUT2D eigenvalue weighted by Crippen LogP contribution is 2.34. The molecule has 4 N–H and O–H groups in total. The Balaban J connectivity index is 2.47. The maximum atomic E-state index is 13.9. The second-order valence-corrected chi connectivity index (χ2v) is 9.47. The fraction of sp³-hybridized carbons (Fsp3) is 0.360. The van der Waals surface area contributed by atoms with E-state index in [-0.39, 0.29) is 6.42 Å². The quantitative estimate of drug-likeness (QED) is 0.353. The van der Waals surface area contributed by atoms with E-state index in [1.807, 2.05) is 0 Å². The Hall–Kier alpha value is -3.10. The Morgan fingerprint density at radius 1 is 0.943 bits per heavy atom. The number of hydrogen-bond donors (Lipinski definition) is 4. The smallest absolute Gasteiger partial charge is 0.326 e. The van der Waals surface area contributed by atoms with Crippen LogP contribution in [0.3, 0.4) is 0 Å². The average molecular weight is 524 g/mol. The van der Waals surface area contributed by atoms with E-state index < -0.39 is 53.6 Å². The Kier molecular flexibility index (Phi) is 9.12. The van der Waals surface area contributed by atoms with Gasteiger partial charge >= 0.3 is 11.9 Å². The molecular weight excluding hydrogens is 495 g/mol. The molecule has 0 radical (unpaired) electrons. The standard InChI is InChI=1S/C25H28Cl2N2O6/c1-14(2)21(22(32)28-19(23(33)34)12-13-20(30)31)29-24(35)25(3,15-4-8-17(26)9-5-15)16-6-10-18(27)11-7-16/h4-11,14,19,21H,12-13H2,1-3H3,(H,28,32)(H,29,35)(H,30,31)(H,33,34)/t19-,21-/m0/s1/i/hD. The first-order chi connectivity index (χ1) is 16.8. The highest BCUT2D eigenvalue weighted by atomic mass is 35.5. The van der Waals surface area contributed by atoms with Crippen molar-refractivity contribution in [3.63, 3.8) is 0 Å². The molecule has 8 nitrogen and oxygen atoms in total. The van der Waals surface area contributed by atoms with Crippen LogP contribution < -0.4 is 10.6 Å². The second-order valence-electron chi connectivity index (χ2n) is 8.59. The largest absolute Gasteiger partial charge is 0.481 e. The number of carboxylic acids is 2. The van der Waals surface area contributed by atoms with Gasteiger partial charge in [-0.15, -0.1) is 0 Å². The van der Waals surface area contributed by atoms with Gasteiger partial charge in [0.2, 0.25) is 11.8 Å². The van der Waals surface area contributed by atoms with Crippen molar-refractivity contribution in [3.8, 4) is 0 Å². The highest BCUT2D eigenvalue weighted by Gasteiger charge is 2.40. The Morgan fingerprint density at radius 3 is 1.77 bits per heavy atom. The summed E-state index contributed by atoms with van der Waals surface area (Å²) < 4.78 is 8.69. The lowest BCUT2D eigenvalue weighted by atomic mass is 9.75. The Morgan fingerprint density at radius 2 is 1.40 bits per heavy atom. The van der Waals surface area contributed by atoms with Gasteiger partial charge in [0.25, 0.3) is 0 Å². The van der Waals surface area contributed by atoms with Crippen LogP contribution in [-0.2, 0) is 24.6 Å². The van der Waals surface area contributed by atoms with E-state index in [9.17, 15) is 24.3 Å². The van der Waals surface area contributed by atoms with Crippen LogP contribution in [0.4, 0.5) is 0 Å². The fourth-order valence-corrected chi connectivity index (χ4v) is 3.78. The molecule has 0 aliphatic rings. The molecule has 2 atom stereocenters. The third-order valence-electron chi connectivity index (χ3n) is 5.69. The predicted octanol–water partition coefficient (Wildman–Crippen LogP) is 3.87. The SMILES string of the molecule is [2H]N(C(=O)C(C)(c1ccc(Cl)cc1)c1ccc(Cl)cc1)[C@H](C(=O)N[C@@H](CCC(=O)O)C(=O)O)C(C)C. The van der Waals surface area contributed by atoms with E-state index in [4.69, 9.17) is 29.7 Å². The molecule has 10 heteroatoms. The van der Waals surface area contributed by atoms with Crippen molar-refractivity contribution >= 4 is 47.0 Å². The van der Waals surface area contributed by atoms with E-state index in [1.165, 1.54) is 0 Å². The summed E-state index contributed by atoms with van der Waals surface area (Å²) in [5.74, 6) is -4.81. The molecule has 0 saturated carbocycles. The molecule has 35 heavy (non-hydrogen) atoms. The van der Waals surface area contributed by atoms with Gasteiger partial charge in [-0.3, -0.25) is 14.4 Å². The van der Waals surface area contributed by atoms with Gasteiger partial charge in [-0.2, -0.15) is 0 Å². The van der Waals surface area contributed by atoms with Gasteiger partial charge in [-0.1, -0.05) is 61.3 Å². The fourth-order valence-electron chi connectivity index (χ4n) is 3.53. The summed E-state index contributed by atoms with van der Waals surface area (Å²) in [5.41, 5.74) is -0.381. The summed E-state index contributed by atoms with van der Waals surface area (Å²) in [4.78, 5) is 49.5. The van der Waals surface area contributed by atoms with Gasteiger partial charge in [-0.25, -0.2) is 4.79 Å². The number of carboxylic acid groups (broad SMARTS) is 2. The summed E-state index contributed by atoms with van der Waals surface area (Å²) in [7, 11) is 0. The first kappa shape index (κ1) is 26.5. The first-order valence-corrected chi connectivity index (χ1v) is 11.6. The molecule has 188 valence electrons. The summed E-state index contributed by atoms with van der Waals surface area (Å²) in [5, 5.41) is 22.0. The van der Waals surface area contributed by atoms with Gasteiger partial charge in [0, 0.05) is 16.5 Å². The lowest BCUT2D eigenvalue weighted by molar-refractivity contribution is -0.143. The normalized spacial score (nSPS) is 13.5.